The maximum atomic E-state index is 13.1. The number of fused-ring (bicyclic) bond motifs is 1. The Morgan fingerprint density at radius 1 is 0.905 bits per heavy atom. The van der Waals surface area contributed by atoms with Gasteiger partial charge in [0.15, 0.2) is 11.0 Å². The fourth-order valence-corrected chi connectivity index (χ4v) is 5.29. The lowest BCUT2D eigenvalue weighted by Gasteiger charge is -2.13. The van der Waals surface area contributed by atoms with Crippen molar-refractivity contribution in [2.75, 3.05) is 11.1 Å². The van der Waals surface area contributed by atoms with Gasteiger partial charge >= 0.3 is 6.18 Å². The van der Waals surface area contributed by atoms with E-state index in [2.05, 4.69) is 20.8 Å². The third-order valence-corrected chi connectivity index (χ3v) is 7.60. The van der Waals surface area contributed by atoms with E-state index in [0.29, 0.717) is 27.3 Å². The second kappa shape index (κ2) is 12.4. The number of nitrogens with one attached hydrogen (secondary N) is 2. The molecule has 0 bridgehead atoms. The number of amides is 2. The van der Waals surface area contributed by atoms with E-state index in [1.807, 2.05) is 30.3 Å². The standard InChI is InChI=1S/C29H20Cl2F3N5O2S/c30-19-7-4-8-20(14-19)39-25(15-35-27(41)22-10-3-6-17-5-1-2-9-21(17)22)37-38-28(39)42-16-26(40)36-24-13-18(29(32,33)34)11-12-23(24)31/h1-14H,15-16H2,(H,35,41)(H,36,40). The molecule has 0 atom stereocenters. The molecule has 214 valence electrons. The highest BCUT2D eigenvalue weighted by atomic mass is 35.5. The lowest BCUT2D eigenvalue weighted by molar-refractivity contribution is -0.137. The first kappa shape index (κ1) is 29.4. The zero-order valence-electron chi connectivity index (χ0n) is 21.5. The molecule has 0 saturated heterocycles. The molecule has 0 aliphatic carbocycles. The highest BCUT2D eigenvalue weighted by molar-refractivity contribution is 7.99. The molecule has 2 N–H and O–H groups in total. The smallest absolute Gasteiger partial charge is 0.345 e. The normalized spacial score (nSPS) is 11.5. The van der Waals surface area contributed by atoms with Gasteiger partial charge in [-0.3, -0.25) is 14.2 Å². The maximum Gasteiger partial charge on any atom is 0.416 e. The molecule has 4 aromatic carbocycles. The molecule has 5 rings (SSSR count). The Kier molecular flexibility index (Phi) is 8.72. The number of halogens is 5. The first-order valence-corrected chi connectivity index (χ1v) is 14.1. The molecule has 0 radical (unpaired) electrons. The Morgan fingerprint density at radius 3 is 2.45 bits per heavy atom. The number of hydrogen-bond acceptors (Lipinski definition) is 5. The summed E-state index contributed by atoms with van der Waals surface area (Å²) in [6.45, 7) is 0.00810. The van der Waals surface area contributed by atoms with Crippen LogP contribution in [0.2, 0.25) is 10.0 Å². The Hall–Kier alpha value is -4.06. The van der Waals surface area contributed by atoms with Gasteiger partial charge in [-0.25, -0.2) is 0 Å². The third-order valence-electron chi connectivity index (χ3n) is 6.11. The van der Waals surface area contributed by atoms with Gasteiger partial charge in [0.1, 0.15) is 0 Å². The summed E-state index contributed by atoms with van der Waals surface area (Å²) >= 11 is 13.2. The summed E-state index contributed by atoms with van der Waals surface area (Å²) in [5.41, 5.74) is -0.0110. The summed E-state index contributed by atoms with van der Waals surface area (Å²) in [5, 5.41) is 16.1. The number of anilines is 1. The molecule has 0 aliphatic rings. The van der Waals surface area contributed by atoms with E-state index in [-0.39, 0.29) is 28.9 Å². The van der Waals surface area contributed by atoms with Gasteiger partial charge < -0.3 is 10.6 Å². The second-order valence-corrected chi connectivity index (χ2v) is 10.7. The largest absolute Gasteiger partial charge is 0.416 e. The molecule has 0 fully saturated rings. The summed E-state index contributed by atoms with van der Waals surface area (Å²) in [6, 6.07) is 22.5. The van der Waals surface area contributed by atoms with Crippen LogP contribution in [0.4, 0.5) is 18.9 Å². The third kappa shape index (κ3) is 6.70. The van der Waals surface area contributed by atoms with Gasteiger partial charge in [-0.2, -0.15) is 13.2 Å². The monoisotopic (exact) mass is 629 g/mol. The fraction of sp³-hybridized carbons (Fsp3) is 0.103. The molecule has 13 heteroatoms. The topological polar surface area (TPSA) is 88.9 Å². The number of carbonyl (C=O) groups excluding carboxylic acids is 2. The molecular weight excluding hydrogens is 610 g/mol. The van der Waals surface area contributed by atoms with Crippen molar-refractivity contribution in [1.29, 1.82) is 0 Å². The van der Waals surface area contributed by atoms with E-state index in [4.69, 9.17) is 23.2 Å². The first-order valence-electron chi connectivity index (χ1n) is 12.4. The van der Waals surface area contributed by atoms with Crippen molar-refractivity contribution < 1.29 is 22.8 Å². The van der Waals surface area contributed by atoms with Crippen LogP contribution in [-0.4, -0.2) is 32.3 Å². The summed E-state index contributed by atoms with van der Waals surface area (Å²) in [6.07, 6.45) is -4.59. The van der Waals surface area contributed by atoms with Crippen molar-refractivity contribution in [3.8, 4) is 5.69 Å². The minimum absolute atomic E-state index is 0.00810. The molecule has 42 heavy (non-hydrogen) atoms. The Labute approximate surface area is 252 Å². The van der Waals surface area contributed by atoms with Gasteiger partial charge in [0.25, 0.3) is 5.91 Å². The zero-order chi connectivity index (χ0) is 29.9. The van der Waals surface area contributed by atoms with Crippen LogP contribution in [0.1, 0.15) is 21.7 Å². The van der Waals surface area contributed by atoms with Gasteiger partial charge in [0.2, 0.25) is 5.91 Å². The average Bonchev–Trinajstić information content (AvgIpc) is 3.38. The molecule has 0 aliphatic heterocycles. The molecular formula is C29H20Cl2F3N5O2S. The average molecular weight is 630 g/mol. The van der Waals surface area contributed by atoms with Gasteiger partial charge in [-0.1, -0.05) is 77.4 Å². The predicted molar refractivity (Wildman–Crippen MR) is 157 cm³/mol. The van der Waals surface area contributed by atoms with Crippen molar-refractivity contribution in [1.82, 2.24) is 20.1 Å². The zero-order valence-corrected chi connectivity index (χ0v) is 23.8. The first-order chi connectivity index (χ1) is 20.1. The summed E-state index contributed by atoms with van der Waals surface area (Å²) < 4.78 is 41.0. The SMILES string of the molecule is O=C(CSc1nnc(CNC(=O)c2cccc3ccccc23)n1-c1cccc(Cl)c1)Nc1cc(C(F)(F)F)ccc1Cl. The van der Waals surface area contributed by atoms with Crippen molar-refractivity contribution in [3.05, 3.63) is 112 Å². The summed E-state index contributed by atoms with van der Waals surface area (Å²) in [4.78, 5) is 25.8. The number of benzene rings is 4. The highest BCUT2D eigenvalue weighted by Gasteiger charge is 2.31. The van der Waals surface area contributed by atoms with E-state index < -0.39 is 17.6 Å². The molecule has 7 nitrogen and oxygen atoms in total. The number of alkyl halides is 3. The molecule has 2 amide bonds. The second-order valence-electron chi connectivity index (χ2n) is 8.95. The van der Waals surface area contributed by atoms with Crippen LogP contribution in [-0.2, 0) is 17.5 Å². The van der Waals surface area contributed by atoms with E-state index in [9.17, 15) is 22.8 Å². The number of aromatic nitrogens is 3. The summed E-state index contributed by atoms with van der Waals surface area (Å²) in [5.74, 6) is -0.755. The van der Waals surface area contributed by atoms with Crippen LogP contribution in [0.3, 0.4) is 0 Å². The molecule has 5 aromatic rings. The van der Waals surface area contributed by atoms with Crippen LogP contribution in [0, 0.1) is 0 Å². The number of thioether (sulfide) groups is 1. The van der Waals surface area contributed by atoms with Crippen LogP contribution in [0.25, 0.3) is 16.5 Å². The van der Waals surface area contributed by atoms with E-state index in [0.717, 1.165) is 40.7 Å². The number of carbonyl (C=O) groups is 2. The minimum atomic E-state index is -4.59. The van der Waals surface area contributed by atoms with Crippen LogP contribution in [0.15, 0.2) is 90.1 Å². The van der Waals surface area contributed by atoms with E-state index in [1.165, 1.54) is 0 Å². The number of nitrogens with zero attached hydrogens (tertiary/aromatic N) is 3. The lowest BCUT2D eigenvalue weighted by Crippen LogP contribution is -2.25. The minimum Gasteiger partial charge on any atom is -0.345 e. The van der Waals surface area contributed by atoms with Gasteiger partial charge in [-0.05, 0) is 53.2 Å². The van der Waals surface area contributed by atoms with Crippen LogP contribution < -0.4 is 10.6 Å². The Morgan fingerprint density at radius 2 is 1.67 bits per heavy atom. The Bertz CT molecular complexity index is 1790. The maximum absolute atomic E-state index is 13.1. The van der Waals surface area contributed by atoms with Gasteiger partial charge in [-0.15, -0.1) is 10.2 Å². The quantitative estimate of drug-likeness (QED) is 0.175. The molecule has 0 spiro atoms. The van der Waals surface area contributed by atoms with Crippen LogP contribution >= 0.6 is 35.0 Å². The lowest BCUT2D eigenvalue weighted by atomic mass is 10.0. The highest BCUT2D eigenvalue weighted by Crippen LogP contribution is 2.34. The molecule has 0 saturated carbocycles. The fourth-order valence-electron chi connectivity index (χ4n) is 4.17. The van der Waals surface area contributed by atoms with E-state index in [1.54, 1.807) is 41.0 Å². The van der Waals surface area contributed by atoms with Gasteiger partial charge in [0.05, 0.1) is 34.3 Å². The van der Waals surface area contributed by atoms with Crippen LogP contribution in [0.5, 0.6) is 0 Å². The number of hydrogen-bond donors (Lipinski definition) is 2. The van der Waals surface area contributed by atoms with Crippen molar-refractivity contribution in [2.45, 2.75) is 17.9 Å². The van der Waals surface area contributed by atoms with Crippen molar-refractivity contribution >= 4 is 63.2 Å². The predicted octanol–water partition coefficient (Wildman–Crippen LogP) is 7.41. The molecule has 1 aromatic heterocycles. The molecule has 1 heterocycles. The van der Waals surface area contributed by atoms with Crippen molar-refractivity contribution in [3.63, 3.8) is 0 Å². The number of rotatable bonds is 8. The van der Waals surface area contributed by atoms with Crippen molar-refractivity contribution in [2.24, 2.45) is 0 Å². The summed E-state index contributed by atoms with van der Waals surface area (Å²) in [7, 11) is 0. The Balaban J connectivity index is 1.34. The van der Waals surface area contributed by atoms with E-state index >= 15 is 0 Å². The molecule has 0 unspecified atom stereocenters. The van der Waals surface area contributed by atoms with Gasteiger partial charge in [0, 0.05) is 10.6 Å².